The fraction of sp³-hybridized carbons (Fsp3) is 0.375. The van der Waals surface area contributed by atoms with Crippen LogP contribution in [0.4, 0.5) is 0 Å². The molecule has 0 bridgehead atoms. The van der Waals surface area contributed by atoms with E-state index in [1.54, 1.807) is 23.2 Å². The maximum atomic E-state index is 11.9. The zero-order valence-corrected chi connectivity index (χ0v) is 14.9. The monoisotopic (exact) mass is 381 g/mol. The van der Waals surface area contributed by atoms with Crippen LogP contribution in [0.15, 0.2) is 24.4 Å². The van der Waals surface area contributed by atoms with Gasteiger partial charge in [0.25, 0.3) is 0 Å². The van der Waals surface area contributed by atoms with E-state index >= 15 is 0 Å². The molecule has 4 N–H and O–H groups in total. The summed E-state index contributed by atoms with van der Waals surface area (Å²) in [5.74, 6) is -0.122. The molecular weight excluding hydrogens is 361 g/mol. The Morgan fingerprint density at radius 3 is 2.88 bits per heavy atom. The molecule has 1 aromatic carbocycles. The molecule has 3 rings (SSSR count). The third-order valence-corrected chi connectivity index (χ3v) is 4.63. The van der Waals surface area contributed by atoms with Crippen LogP contribution in [0.5, 0.6) is 5.75 Å². The van der Waals surface area contributed by atoms with Crippen LogP contribution < -0.4 is 9.84 Å². The van der Waals surface area contributed by atoms with E-state index in [4.69, 9.17) is 9.79 Å². The molecule has 2 amide bonds. The standard InChI is InChI=1S/C16H20N3O6P/c20-15(10-19-7-1-2-16(19)21)17-6-5-11-9-18-14-4-3-12(8-13(11)14)25-26(22,23)24/h3-4,8-9,18H,1-2,5-7,10H2,(H,17,20)(H2,22,23,24). The van der Waals surface area contributed by atoms with Gasteiger partial charge < -0.3 is 19.7 Å². The first-order chi connectivity index (χ1) is 12.3. The molecule has 26 heavy (non-hydrogen) atoms. The van der Waals surface area contributed by atoms with Crippen molar-refractivity contribution in [3.63, 3.8) is 0 Å². The van der Waals surface area contributed by atoms with Gasteiger partial charge in [-0.05, 0) is 36.6 Å². The van der Waals surface area contributed by atoms with Crippen molar-refractivity contribution >= 4 is 30.5 Å². The van der Waals surface area contributed by atoms with Crippen LogP contribution in [0.25, 0.3) is 10.9 Å². The van der Waals surface area contributed by atoms with Gasteiger partial charge in [-0.15, -0.1) is 0 Å². The molecule has 0 unspecified atom stereocenters. The summed E-state index contributed by atoms with van der Waals surface area (Å²) in [5.41, 5.74) is 1.68. The molecule has 1 aliphatic heterocycles. The molecule has 0 atom stereocenters. The van der Waals surface area contributed by atoms with E-state index in [1.807, 2.05) is 0 Å². The molecular formula is C16H20N3O6P. The van der Waals surface area contributed by atoms with Gasteiger partial charge in [0.15, 0.2) is 0 Å². The van der Waals surface area contributed by atoms with Crippen molar-refractivity contribution in [1.82, 2.24) is 15.2 Å². The van der Waals surface area contributed by atoms with Gasteiger partial charge in [0.2, 0.25) is 11.8 Å². The lowest BCUT2D eigenvalue weighted by Crippen LogP contribution is -2.38. The first-order valence-electron chi connectivity index (χ1n) is 8.21. The molecule has 0 radical (unpaired) electrons. The first-order valence-corrected chi connectivity index (χ1v) is 9.74. The van der Waals surface area contributed by atoms with Crippen molar-refractivity contribution in [2.45, 2.75) is 19.3 Å². The van der Waals surface area contributed by atoms with Gasteiger partial charge in [-0.1, -0.05) is 0 Å². The molecule has 140 valence electrons. The Kier molecular flexibility index (Phi) is 5.31. The van der Waals surface area contributed by atoms with Gasteiger partial charge in [-0.3, -0.25) is 19.4 Å². The third-order valence-electron chi connectivity index (χ3n) is 4.19. The van der Waals surface area contributed by atoms with Gasteiger partial charge in [0.1, 0.15) is 5.75 Å². The molecule has 2 aromatic rings. The minimum absolute atomic E-state index is 0.00867. The van der Waals surface area contributed by atoms with Crippen molar-refractivity contribution in [1.29, 1.82) is 0 Å². The third kappa shape index (κ3) is 4.63. The molecule has 0 saturated carbocycles. The van der Waals surface area contributed by atoms with Gasteiger partial charge in [0.05, 0.1) is 6.54 Å². The zero-order chi connectivity index (χ0) is 18.7. The van der Waals surface area contributed by atoms with Gasteiger partial charge in [-0.25, -0.2) is 4.57 Å². The van der Waals surface area contributed by atoms with E-state index < -0.39 is 7.82 Å². The second kappa shape index (κ2) is 7.49. The van der Waals surface area contributed by atoms with Gasteiger partial charge in [-0.2, -0.15) is 0 Å². The smallest absolute Gasteiger partial charge is 0.404 e. The number of nitrogens with zero attached hydrogens (tertiary/aromatic N) is 1. The number of phosphoric ester groups is 1. The zero-order valence-electron chi connectivity index (χ0n) is 14.0. The molecule has 10 heteroatoms. The summed E-state index contributed by atoms with van der Waals surface area (Å²) in [7, 11) is -4.62. The van der Waals surface area contributed by atoms with E-state index in [1.165, 1.54) is 6.07 Å². The molecule has 0 spiro atoms. The molecule has 1 aromatic heterocycles. The summed E-state index contributed by atoms with van der Waals surface area (Å²) in [5, 5.41) is 3.55. The van der Waals surface area contributed by atoms with Crippen LogP contribution in [-0.4, -0.2) is 51.1 Å². The van der Waals surface area contributed by atoms with Crippen LogP contribution in [0, 0.1) is 0 Å². The second-order valence-electron chi connectivity index (χ2n) is 6.12. The average molecular weight is 381 g/mol. The van der Waals surface area contributed by atoms with Gasteiger partial charge >= 0.3 is 7.82 Å². The van der Waals surface area contributed by atoms with Crippen molar-refractivity contribution in [2.75, 3.05) is 19.6 Å². The molecule has 9 nitrogen and oxygen atoms in total. The molecule has 1 aliphatic rings. The number of H-pyrrole nitrogens is 1. The van der Waals surface area contributed by atoms with Crippen LogP contribution in [0.3, 0.4) is 0 Å². The molecule has 2 heterocycles. The molecule has 0 aliphatic carbocycles. The number of rotatable bonds is 7. The number of hydrogen-bond donors (Lipinski definition) is 4. The number of aromatic nitrogens is 1. The lowest BCUT2D eigenvalue weighted by atomic mass is 10.1. The topological polar surface area (TPSA) is 132 Å². The summed E-state index contributed by atoms with van der Waals surface area (Å²) in [6, 6.07) is 4.68. The predicted molar refractivity (Wildman–Crippen MR) is 93.5 cm³/mol. The SMILES string of the molecule is O=C(CN1CCCC1=O)NCCc1c[nH]c2ccc(OP(=O)(O)O)cc12. The van der Waals surface area contributed by atoms with E-state index in [0.29, 0.717) is 25.9 Å². The predicted octanol–water partition coefficient (Wildman–Crippen LogP) is 0.920. The second-order valence-corrected chi connectivity index (χ2v) is 7.29. The Bertz CT molecular complexity index is 874. The van der Waals surface area contributed by atoms with E-state index in [9.17, 15) is 14.2 Å². The van der Waals surface area contributed by atoms with Gasteiger partial charge in [0, 0.05) is 36.6 Å². The fourth-order valence-corrected chi connectivity index (χ4v) is 3.38. The number of fused-ring (bicyclic) bond motifs is 1. The number of hydrogen-bond acceptors (Lipinski definition) is 4. The van der Waals surface area contributed by atoms with Crippen molar-refractivity contribution < 1.29 is 28.5 Å². The van der Waals surface area contributed by atoms with Crippen molar-refractivity contribution in [2.24, 2.45) is 0 Å². The van der Waals surface area contributed by atoms with E-state index in [2.05, 4.69) is 14.8 Å². The quantitative estimate of drug-likeness (QED) is 0.528. The van der Waals surface area contributed by atoms with Crippen LogP contribution in [-0.2, 0) is 20.6 Å². The minimum Gasteiger partial charge on any atom is -0.404 e. The lowest BCUT2D eigenvalue weighted by Gasteiger charge is -2.14. The number of likely N-dealkylation sites (tertiary alicyclic amines) is 1. The lowest BCUT2D eigenvalue weighted by molar-refractivity contribution is -0.133. The first kappa shape index (κ1) is 18.4. The van der Waals surface area contributed by atoms with Crippen molar-refractivity contribution in [3.8, 4) is 5.75 Å². The molecule has 1 saturated heterocycles. The van der Waals surface area contributed by atoms with E-state index in [0.717, 1.165) is 22.9 Å². The number of carbonyl (C=O) groups excluding carboxylic acids is 2. The molecule has 1 fully saturated rings. The Labute approximate surface area is 149 Å². The summed E-state index contributed by atoms with van der Waals surface area (Å²) in [6.45, 7) is 1.08. The Hall–Kier alpha value is -2.35. The normalized spacial score (nSPS) is 14.8. The Balaban J connectivity index is 1.58. The highest BCUT2D eigenvalue weighted by Gasteiger charge is 2.22. The highest BCUT2D eigenvalue weighted by atomic mass is 31.2. The summed E-state index contributed by atoms with van der Waals surface area (Å²) >= 11 is 0. The highest BCUT2D eigenvalue weighted by molar-refractivity contribution is 7.46. The largest absolute Gasteiger partial charge is 0.524 e. The number of amides is 2. The Morgan fingerprint density at radius 1 is 1.38 bits per heavy atom. The summed E-state index contributed by atoms with van der Waals surface area (Å²) < 4.78 is 15.6. The summed E-state index contributed by atoms with van der Waals surface area (Å²) in [6.07, 6.45) is 3.60. The number of carbonyl (C=O) groups is 2. The summed E-state index contributed by atoms with van der Waals surface area (Å²) in [4.78, 5) is 45.9. The van der Waals surface area contributed by atoms with Crippen molar-refractivity contribution in [3.05, 3.63) is 30.0 Å². The Morgan fingerprint density at radius 2 is 2.19 bits per heavy atom. The van der Waals surface area contributed by atoms with Crippen LogP contribution in [0.2, 0.25) is 0 Å². The number of nitrogens with one attached hydrogen (secondary N) is 2. The number of phosphoric acid groups is 1. The maximum Gasteiger partial charge on any atom is 0.524 e. The fourth-order valence-electron chi connectivity index (χ4n) is 3.00. The minimum atomic E-state index is -4.62. The van der Waals surface area contributed by atoms with E-state index in [-0.39, 0.29) is 24.1 Å². The number of aromatic amines is 1. The van der Waals surface area contributed by atoms with Crippen LogP contribution in [0.1, 0.15) is 18.4 Å². The maximum absolute atomic E-state index is 11.9. The number of benzene rings is 1. The average Bonchev–Trinajstić information content (AvgIpc) is 3.13. The van der Waals surface area contributed by atoms with Crippen LogP contribution >= 0.6 is 7.82 Å². The highest BCUT2D eigenvalue weighted by Crippen LogP contribution is 2.38.